The minimum atomic E-state index is -4.03. The lowest BCUT2D eigenvalue weighted by atomic mass is 10.3. The summed E-state index contributed by atoms with van der Waals surface area (Å²) in [4.78, 5) is 16.0. The molecule has 2 heterocycles. The number of aryl methyl sites for hydroxylation is 1. The maximum atomic E-state index is 12.8. The standard InChI is InChI=1S/C18H17BrClN5O4S/c1-29-18-16(30(27,28)24-14-4-2-13(20)3-5-14)8-15(10-21-18)23-17(26)6-7-25-11-12(19)9-22-25/h2-5,8-11,24H,6-7H2,1H3,(H,23,26). The third kappa shape index (κ3) is 5.71. The van der Waals surface area contributed by atoms with Gasteiger partial charge in [-0.25, -0.2) is 13.4 Å². The van der Waals surface area contributed by atoms with E-state index in [1.807, 2.05) is 0 Å². The van der Waals surface area contributed by atoms with Crippen LogP contribution in [0.4, 0.5) is 11.4 Å². The number of rotatable bonds is 8. The van der Waals surface area contributed by atoms with Crippen molar-refractivity contribution in [3.63, 3.8) is 0 Å². The van der Waals surface area contributed by atoms with Crippen molar-refractivity contribution in [2.45, 2.75) is 17.9 Å². The maximum Gasteiger partial charge on any atom is 0.267 e. The number of benzene rings is 1. The van der Waals surface area contributed by atoms with Gasteiger partial charge in [0.1, 0.15) is 0 Å². The van der Waals surface area contributed by atoms with Gasteiger partial charge < -0.3 is 10.1 Å². The van der Waals surface area contributed by atoms with Gasteiger partial charge in [0.2, 0.25) is 11.8 Å². The van der Waals surface area contributed by atoms with Crippen LogP contribution < -0.4 is 14.8 Å². The van der Waals surface area contributed by atoms with E-state index >= 15 is 0 Å². The van der Waals surface area contributed by atoms with Crippen molar-refractivity contribution < 1.29 is 17.9 Å². The second kappa shape index (κ2) is 9.45. The molecule has 2 N–H and O–H groups in total. The highest BCUT2D eigenvalue weighted by atomic mass is 79.9. The predicted molar refractivity (Wildman–Crippen MR) is 116 cm³/mol. The van der Waals surface area contributed by atoms with Crippen LogP contribution in [0.25, 0.3) is 0 Å². The third-order valence-corrected chi connectivity index (χ3v) is 5.89. The van der Waals surface area contributed by atoms with Gasteiger partial charge in [-0.1, -0.05) is 11.6 Å². The summed E-state index contributed by atoms with van der Waals surface area (Å²) in [5, 5.41) is 7.19. The molecule has 30 heavy (non-hydrogen) atoms. The minimum absolute atomic E-state index is 0.101. The molecule has 0 atom stereocenters. The zero-order valence-corrected chi connectivity index (χ0v) is 18.8. The zero-order chi connectivity index (χ0) is 21.7. The first-order chi connectivity index (χ1) is 14.3. The molecule has 3 rings (SSSR count). The number of sulfonamides is 1. The topological polar surface area (TPSA) is 115 Å². The van der Waals surface area contributed by atoms with Crippen molar-refractivity contribution in [3.05, 3.63) is 58.4 Å². The van der Waals surface area contributed by atoms with Crippen LogP contribution in [0.2, 0.25) is 5.02 Å². The van der Waals surface area contributed by atoms with Crippen molar-refractivity contribution in [1.29, 1.82) is 0 Å². The van der Waals surface area contributed by atoms with Crippen LogP contribution in [0.1, 0.15) is 6.42 Å². The lowest BCUT2D eigenvalue weighted by molar-refractivity contribution is -0.116. The molecule has 0 saturated carbocycles. The van der Waals surface area contributed by atoms with Gasteiger partial charge in [-0.15, -0.1) is 0 Å². The first kappa shape index (κ1) is 22.1. The molecule has 9 nitrogen and oxygen atoms in total. The second-order valence-corrected chi connectivity index (χ2v) is 9.07. The minimum Gasteiger partial charge on any atom is -0.480 e. The normalized spacial score (nSPS) is 11.2. The number of carbonyl (C=O) groups excluding carboxylic acids is 1. The van der Waals surface area contributed by atoms with Crippen LogP contribution in [-0.2, 0) is 21.4 Å². The summed E-state index contributed by atoms with van der Waals surface area (Å²) < 4.78 is 35.6. The summed E-state index contributed by atoms with van der Waals surface area (Å²) in [6.45, 7) is 0.365. The molecule has 0 spiro atoms. The SMILES string of the molecule is COc1ncc(NC(=O)CCn2cc(Br)cn2)cc1S(=O)(=O)Nc1ccc(Cl)cc1. The van der Waals surface area contributed by atoms with Gasteiger partial charge in [0.25, 0.3) is 10.0 Å². The summed E-state index contributed by atoms with van der Waals surface area (Å²) >= 11 is 9.11. The number of hydrogen-bond acceptors (Lipinski definition) is 6. The molecule has 158 valence electrons. The Morgan fingerprint density at radius 3 is 2.60 bits per heavy atom. The summed E-state index contributed by atoms with van der Waals surface area (Å²) in [5.74, 6) is -0.418. The van der Waals surface area contributed by atoms with Crippen LogP contribution >= 0.6 is 27.5 Å². The highest BCUT2D eigenvalue weighted by Crippen LogP contribution is 2.27. The monoisotopic (exact) mass is 513 g/mol. The predicted octanol–water partition coefficient (Wildman–Crippen LogP) is 3.53. The molecule has 2 aromatic heterocycles. The Balaban J connectivity index is 1.75. The van der Waals surface area contributed by atoms with E-state index in [0.717, 1.165) is 4.47 Å². The van der Waals surface area contributed by atoms with Gasteiger partial charge in [0.05, 0.1) is 29.7 Å². The quantitative estimate of drug-likeness (QED) is 0.475. The van der Waals surface area contributed by atoms with Crippen LogP contribution in [0.3, 0.4) is 0 Å². The van der Waals surface area contributed by atoms with Crippen molar-refractivity contribution in [2.75, 3.05) is 17.1 Å². The zero-order valence-electron chi connectivity index (χ0n) is 15.7. The van der Waals surface area contributed by atoms with Gasteiger partial charge in [0, 0.05) is 29.9 Å². The highest BCUT2D eigenvalue weighted by molar-refractivity contribution is 9.10. The lowest BCUT2D eigenvalue weighted by Gasteiger charge is -2.13. The van der Waals surface area contributed by atoms with Crippen LogP contribution in [-0.4, -0.2) is 36.2 Å². The van der Waals surface area contributed by atoms with Crippen molar-refractivity contribution in [2.24, 2.45) is 0 Å². The average Bonchev–Trinajstić information content (AvgIpc) is 3.13. The summed E-state index contributed by atoms with van der Waals surface area (Å²) in [6.07, 6.45) is 4.83. The number of nitrogens with one attached hydrogen (secondary N) is 2. The number of anilines is 2. The number of aromatic nitrogens is 3. The molecular weight excluding hydrogens is 498 g/mol. The maximum absolute atomic E-state index is 12.8. The molecule has 0 saturated heterocycles. The number of amides is 1. The molecule has 0 unspecified atom stereocenters. The van der Waals surface area contributed by atoms with Crippen LogP contribution in [0, 0.1) is 0 Å². The van der Waals surface area contributed by atoms with Crippen LogP contribution in [0.15, 0.2) is 58.3 Å². The fourth-order valence-electron chi connectivity index (χ4n) is 2.47. The lowest BCUT2D eigenvalue weighted by Crippen LogP contribution is -2.17. The highest BCUT2D eigenvalue weighted by Gasteiger charge is 2.22. The van der Waals surface area contributed by atoms with E-state index in [4.69, 9.17) is 16.3 Å². The number of methoxy groups -OCH3 is 1. The van der Waals surface area contributed by atoms with Gasteiger partial charge in [-0.05, 0) is 46.3 Å². The molecule has 12 heteroatoms. The molecule has 3 aromatic rings. The largest absolute Gasteiger partial charge is 0.480 e. The van der Waals surface area contributed by atoms with Crippen molar-refractivity contribution >= 4 is 54.8 Å². The number of pyridine rings is 1. The van der Waals surface area contributed by atoms with E-state index in [9.17, 15) is 13.2 Å². The number of hydrogen-bond donors (Lipinski definition) is 2. The van der Waals surface area contributed by atoms with Gasteiger partial charge in [-0.2, -0.15) is 5.10 Å². The molecule has 1 aromatic carbocycles. The molecular formula is C18H17BrClN5O4S. The molecule has 0 aliphatic rings. The Bertz CT molecular complexity index is 1150. The summed E-state index contributed by atoms with van der Waals surface area (Å²) in [6, 6.07) is 7.46. The Labute approximate surface area is 186 Å². The van der Waals surface area contributed by atoms with Gasteiger partial charge >= 0.3 is 0 Å². The Morgan fingerprint density at radius 1 is 1.23 bits per heavy atom. The fraction of sp³-hybridized carbons (Fsp3) is 0.167. The third-order valence-electron chi connectivity index (χ3n) is 3.85. The summed E-state index contributed by atoms with van der Waals surface area (Å²) in [5.41, 5.74) is 0.542. The Morgan fingerprint density at radius 2 is 1.97 bits per heavy atom. The molecule has 0 bridgehead atoms. The molecule has 0 fully saturated rings. The van der Waals surface area contributed by atoms with Gasteiger partial charge in [-0.3, -0.25) is 14.2 Å². The number of nitrogens with zero attached hydrogens (tertiary/aromatic N) is 3. The Hall–Kier alpha value is -2.63. The van der Waals surface area contributed by atoms with Crippen molar-refractivity contribution in [3.8, 4) is 5.88 Å². The van der Waals surface area contributed by atoms with E-state index in [-0.39, 0.29) is 28.8 Å². The van der Waals surface area contributed by atoms with E-state index < -0.39 is 10.0 Å². The molecule has 1 amide bonds. The first-order valence-corrected chi connectivity index (χ1v) is 11.2. The first-order valence-electron chi connectivity index (χ1n) is 8.57. The fourth-order valence-corrected chi connectivity index (χ4v) is 4.13. The summed E-state index contributed by atoms with van der Waals surface area (Å²) in [7, 11) is -2.72. The van der Waals surface area contributed by atoms with Crippen molar-refractivity contribution in [1.82, 2.24) is 14.8 Å². The number of ether oxygens (including phenoxy) is 1. The van der Waals surface area contributed by atoms with E-state index in [1.54, 1.807) is 29.2 Å². The second-order valence-electron chi connectivity index (χ2n) is 6.06. The molecule has 0 aliphatic carbocycles. The number of carbonyl (C=O) groups is 1. The number of halogens is 2. The van der Waals surface area contributed by atoms with E-state index in [1.165, 1.54) is 31.5 Å². The molecule has 0 radical (unpaired) electrons. The smallest absolute Gasteiger partial charge is 0.267 e. The van der Waals surface area contributed by atoms with E-state index in [2.05, 4.69) is 36.1 Å². The Kier molecular flexibility index (Phi) is 6.95. The van der Waals surface area contributed by atoms with Crippen LogP contribution in [0.5, 0.6) is 5.88 Å². The molecule has 0 aliphatic heterocycles. The van der Waals surface area contributed by atoms with E-state index in [0.29, 0.717) is 17.3 Å². The average molecular weight is 515 g/mol. The van der Waals surface area contributed by atoms with Gasteiger partial charge in [0.15, 0.2) is 4.90 Å².